The third-order valence-corrected chi connectivity index (χ3v) is 4.37. The molecular formula is C14H31N3. The number of hydrogen-bond donors (Lipinski definition) is 1. The van der Waals surface area contributed by atoms with Gasteiger partial charge in [-0.05, 0) is 38.9 Å². The average Bonchev–Trinajstić information content (AvgIpc) is 2.85. The largest absolute Gasteiger partial charge is 0.329 e. The van der Waals surface area contributed by atoms with Crippen molar-refractivity contribution in [1.29, 1.82) is 0 Å². The summed E-state index contributed by atoms with van der Waals surface area (Å²) in [6.07, 6.45) is 5.26. The first-order valence-corrected chi connectivity index (χ1v) is 7.35. The number of likely N-dealkylation sites (N-methyl/N-ethyl adjacent to an activating group) is 1. The summed E-state index contributed by atoms with van der Waals surface area (Å²) in [5.74, 6) is 0.753. The minimum atomic E-state index is 0.563. The average molecular weight is 241 g/mol. The third-order valence-electron chi connectivity index (χ3n) is 4.37. The van der Waals surface area contributed by atoms with E-state index in [0.717, 1.165) is 12.5 Å². The fraction of sp³-hybridized carbons (Fsp3) is 1.00. The molecule has 0 amide bonds. The van der Waals surface area contributed by atoms with Gasteiger partial charge < -0.3 is 15.5 Å². The van der Waals surface area contributed by atoms with Gasteiger partial charge >= 0.3 is 0 Å². The number of nitrogens with zero attached hydrogens (tertiary/aromatic N) is 2. The maximum atomic E-state index is 5.95. The van der Waals surface area contributed by atoms with E-state index in [1.54, 1.807) is 0 Å². The lowest BCUT2D eigenvalue weighted by atomic mass is 9.93. The Kier molecular flexibility index (Phi) is 7.09. The van der Waals surface area contributed by atoms with Crippen molar-refractivity contribution in [1.82, 2.24) is 9.80 Å². The summed E-state index contributed by atoms with van der Waals surface area (Å²) in [4.78, 5) is 5.06. The van der Waals surface area contributed by atoms with Crippen molar-refractivity contribution in [3.05, 3.63) is 0 Å². The van der Waals surface area contributed by atoms with Crippen molar-refractivity contribution in [2.24, 2.45) is 11.7 Å². The number of hydrogen-bond acceptors (Lipinski definition) is 3. The Balaban J connectivity index is 2.33. The van der Waals surface area contributed by atoms with E-state index < -0.39 is 0 Å². The predicted molar refractivity (Wildman–Crippen MR) is 75.2 cm³/mol. The van der Waals surface area contributed by atoms with Gasteiger partial charge in [-0.15, -0.1) is 0 Å². The van der Waals surface area contributed by atoms with Crippen LogP contribution >= 0.6 is 0 Å². The van der Waals surface area contributed by atoms with Gasteiger partial charge in [0.15, 0.2) is 0 Å². The van der Waals surface area contributed by atoms with Crippen LogP contribution in [0.5, 0.6) is 0 Å². The van der Waals surface area contributed by atoms with Gasteiger partial charge in [-0.1, -0.05) is 26.7 Å². The second-order valence-electron chi connectivity index (χ2n) is 5.41. The van der Waals surface area contributed by atoms with Crippen molar-refractivity contribution in [2.75, 3.05) is 39.8 Å². The van der Waals surface area contributed by atoms with Crippen LogP contribution in [-0.4, -0.2) is 55.6 Å². The summed E-state index contributed by atoms with van der Waals surface area (Å²) in [5.41, 5.74) is 5.95. The van der Waals surface area contributed by atoms with Crippen LogP contribution in [0.25, 0.3) is 0 Å². The Bertz CT molecular complexity index is 186. The summed E-state index contributed by atoms with van der Waals surface area (Å²) in [7, 11) is 2.24. The SMILES string of the molecule is CCC(CC)C(CN)N(C)CCN1CCCC1. The quantitative estimate of drug-likeness (QED) is 0.703. The highest BCUT2D eigenvalue weighted by Gasteiger charge is 2.22. The minimum Gasteiger partial charge on any atom is -0.329 e. The monoisotopic (exact) mass is 241 g/mol. The summed E-state index contributed by atoms with van der Waals surface area (Å²) >= 11 is 0. The molecule has 0 aromatic heterocycles. The standard InChI is InChI=1S/C14H31N3/c1-4-13(5-2)14(12-15)16(3)10-11-17-8-6-7-9-17/h13-14H,4-12,15H2,1-3H3. The molecule has 2 N–H and O–H groups in total. The smallest absolute Gasteiger partial charge is 0.0243 e. The normalized spacial score (nSPS) is 19.4. The van der Waals surface area contributed by atoms with Crippen LogP contribution in [-0.2, 0) is 0 Å². The molecule has 1 unspecified atom stereocenters. The molecule has 0 spiro atoms. The van der Waals surface area contributed by atoms with Crippen molar-refractivity contribution >= 4 is 0 Å². The van der Waals surface area contributed by atoms with E-state index in [2.05, 4.69) is 30.7 Å². The minimum absolute atomic E-state index is 0.563. The van der Waals surface area contributed by atoms with Gasteiger partial charge in [-0.3, -0.25) is 0 Å². The Labute approximate surface area is 107 Å². The van der Waals surface area contributed by atoms with E-state index >= 15 is 0 Å². The molecule has 1 heterocycles. The fourth-order valence-electron chi connectivity index (χ4n) is 3.04. The van der Waals surface area contributed by atoms with Crippen molar-refractivity contribution in [2.45, 2.75) is 45.6 Å². The molecule has 0 bridgehead atoms. The van der Waals surface area contributed by atoms with E-state index in [9.17, 15) is 0 Å². The number of likely N-dealkylation sites (tertiary alicyclic amines) is 1. The van der Waals surface area contributed by atoms with Gasteiger partial charge in [-0.25, -0.2) is 0 Å². The van der Waals surface area contributed by atoms with Crippen LogP contribution in [0.3, 0.4) is 0 Å². The highest BCUT2D eigenvalue weighted by atomic mass is 15.2. The molecule has 1 aliphatic rings. The van der Waals surface area contributed by atoms with Crippen molar-refractivity contribution in [3.8, 4) is 0 Å². The molecule has 1 fully saturated rings. The maximum Gasteiger partial charge on any atom is 0.0243 e. The molecule has 0 aliphatic carbocycles. The van der Waals surface area contributed by atoms with Crippen molar-refractivity contribution < 1.29 is 0 Å². The van der Waals surface area contributed by atoms with E-state index in [-0.39, 0.29) is 0 Å². The lowest BCUT2D eigenvalue weighted by molar-refractivity contribution is 0.154. The van der Waals surface area contributed by atoms with Crippen LogP contribution in [0.4, 0.5) is 0 Å². The van der Waals surface area contributed by atoms with Crippen molar-refractivity contribution in [3.63, 3.8) is 0 Å². The molecule has 1 rings (SSSR count). The van der Waals surface area contributed by atoms with Gasteiger partial charge in [0.2, 0.25) is 0 Å². The molecule has 17 heavy (non-hydrogen) atoms. The maximum absolute atomic E-state index is 5.95. The zero-order valence-corrected chi connectivity index (χ0v) is 12.0. The summed E-state index contributed by atoms with van der Waals surface area (Å²) in [6, 6.07) is 0.563. The molecule has 1 atom stereocenters. The Hall–Kier alpha value is -0.120. The van der Waals surface area contributed by atoms with Gasteiger partial charge in [0, 0.05) is 25.7 Å². The Morgan fingerprint density at radius 3 is 2.24 bits per heavy atom. The van der Waals surface area contributed by atoms with E-state index in [4.69, 9.17) is 5.73 Å². The first kappa shape index (κ1) is 14.9. The van der Waals surface area contributed by atoms with E-state index in [0.29, 0.717) is 6.04 Å². The second-order valence-corrected chi connectivity index (χ2v) is 5.41. The Morgan fingerprint density at radius 1 is 1.18 bits per heavy atom. The van der Waals surface area contributed by atoms with Crippen LogP contribution in [0.15, 0.2) is 0 Å². The molecule has 3 heteroatoms. The molecule has 0 aromatic carbocycles. The first-order chi connectivity index (χ1) is 8.22. The van der Waals surface area contributed by atoms with E-state index in [1.165, 1.54) is 51.9 Å². The molecule has 3 nitrogen and oxygen atoms in total. The van der Waals surface area contributed by atoms with Gasteiger partial charge in [0.1, 0.15) is 0 Å². The lowest BCUT2D eigenvalue weighted by Crippen LogP contribution is -2.46. The highest BCUT2D eigenvalue weighted by Crippen LogP contribution is 2.17. The fourth-order valence-corrected chi connectivity index (χ4v) is 3.04. The van der Waals surface area contributed by atoms with E-state index in [1.807, 2.05) is 0 Å². The second kappa shape index (κ2) is 8.06. The first-order valence-electron chi connectivity index (χ1n) is 7.35. The van der Waals surface area contributed by atoms with Gasteiger partial charge in [0.05, 0.1) is 0 Å². The van der Waals surface area contributed by atoms with Gasteiger partial charge in [0.25, 0.3) is 0 Å². The van der Waals surface area contributed by atoms with Crippen LogP contribution < -0.4 is 5.73 Å². The van der Waals surface area contributed by atoms with Crippen LogP contribution in [0.1, 0.15) is 39.5 Å². The molecule has 0 radical (unpaired) electrons. The van der Waals surface area contributed by atoms with Gasteiger partial charge in [-0.2, -0.15) is 0 Å². The van der Waals surface area contributed by atoms with Crippen LogP contribution in [0, 0.1) is 5.92 Å². The zero-order chi connectivity index (χ0) is 12.7. The lowest BCUT2D eigenvalue weighted by Gasteiger charge is -2.34. The predicted octanol–water partition coefficient (Wildman–Crippen LogP) is 1.78. The molecule has 1 saturated heterocycles. The molecule has 0 saturated carbocycles. The summed E-state index contributed by atoms with van der Waals surface area (Å²) in [5, 5.41) is 0. The topological polar surface area (TPSA) is 32.5 Å². The van der Waals surface area contributed by atoms with Crippen LogP contribution in [0.2, 0.25) is 0 Å². The molecule has 102 valence electrons. The molecular weight excluding hydrogens is 210 g/mol. The Morgan fingerprint density at radius 2 is 1.76 bits per heavy atom. The molecule has 1 aliphatic heterocycles. The zero-order valence-electron chi connectivity index (χ0n) is 12.0. The summed E-state index contributed by atoms with van der Waals surface area (Å²) < 4.78 is 0. The molecule has 0 aromatic rings. The highest BCUT2D eigenvalue weighted by molar-refractivity contribution is 4.78. The third kappa shape index (κ3) is 4.57. The number of rotatable bonds is 8. The number of nitrogens with two attached hydrogens (primary N) is 1. The summed E-state index contributed by atoms with van der Waals surface area (Å²) in [6.45, 7) is 10.3.